The number of amides is 1. The number of halogens is 3. The summed E-state index contributed by atoms with van der Waals surface area (Å²) < 4.78 is 41.7. The number of rotatable bonds is 3. The van der Waals surface area contributed by atoms with Crippen molar-refractivity contribution >= 4 is 22.5 Å². The molecule has 0 saturated carbocycles. The van der Waals surface area contributed by atoms with Crippen LogP contribution in [0.5, 0.6) is 0 Å². The highest BCUT2D eigenvalue weighted by Gasteiger charge is 2.34. The summed E-state index contributed by atoms with van der Waals surface area (Å²) in [7, 11) is 0. The number of anilines is 1. The first kappa shape index (κ1) is 19.6. The Labute approximate surface area is 170 Å². The molecule has 0 bridgehead atoms. The van der Waals surface area contributed by atoms with Crippen molar-refractivity contribution < 1.29 is 18.0 Å². The number of hydrogen-bond acceptors (Lipinski definition) is 3. The van der Waals surface area contributed by atoms with Gasteiger partial charge in [0.1, 0.15) is 0 Å². The van der Waals surface area contributed by atoms with Crippen molar-refractivity contribution in [3.05, 3.63) is 83.6 Å². The number of imidazole rings is 1. The molecule has 152 valence electrons. The molecule has 0 radical (unpaired) electrons. The first-order valence-electron chi connectivity index (χ1n) is 9.12. The molecule has 8 heteroatoms. The summed E-state index contributed by atoms with van der Waals surface area (Å²) in [5.74, 6) is -0.849. The van der Waals surface area contributed by atoms with E-state index in [1.165, 1.54) is 12.1 Å². The van der Waals surface area contributed by atoms with Crippen molar-refractivity contribution in [2.24, 2.45) is 0 Å². The Kier molecular flexibility index (Phi) is 4.77. The molecule has 30 heavy (non-hydrogen) atoms. The summed E-state index contributed by atoms with van der Waals surface area (Å²) in [6.07, 6.45) is 0.579. The lowest BCUT2D eigenvalue weighted by atomic mass is 10.1. The van der Waals surface area contributed by atoms with Crippen molar-refractivity contribution in [3.63, 3.8) is 0 Å². The summed E-state index contributed by atoms with van der Waals surface area (Å²) in [6.45, 7) is 3.78. The molecule has 0 aliphatic carbocycles. The minimum Gasteiger partial charge on any atom is -0.320 e. The molecule has 0 fully saturated rings. The molecule has 0 spiro atoms. The normalized spacial score (nSPS) is 11.6. The molecule has 2 aromatic heterocycles. The molecular formula is C22H17F3N4O. The van der Waals surface area contributed by atoms with Gasteiger partial charge in [-0.15, -0.1) is 0 Å². The monoisotopic (exact) mass is 410 g/mol. The standard InChI is InChI=1S/C22H17F3N4O/c1-13-10-26-19-16(20(13)29-11-14(2)27-12-29)7-5-9-18(19)28-21(30)15-6-3-4-8-17(15)22(23,24)25/h3-12H,1-2H3,(H,28,30). The van der Waals surface area contributed by atoms with Crippen LogP contribution in [-0.4, -0.2) is 20.4 Å². The number of carbonyl (C=O) groups is 1. The molecule has 1 N–H and O–H groups in total. The molecular weight excluding hydrogens is 393 g/mol. The zero-order chi connectivity index (χ0) is 21.5. The summed E-state index contributed by atoms with van der Waals surface area (Å²) >= 11 is 0. The van der Waals surface area contributed by atoms with Gasteiger partial charge >= 0.3 is 6.18 Å². The molecule has 0 unspecified atom stereocenters. The molecule has 1 amide bonds. The fourth-order valence-electron chi connectivity index (χ4n) is 3.41. The first-order chi connectivity index (χ1) is 14.3. The van der Waals surface area contributed by atoms with Gasteiger partial charge in [0.25, 0.3) is 5.91 Å². The number of alkyl halides is 3. The van der Waals surface area contributed by atoms with Gasteiger partial charge in [-0.25, -0.2) is 4.98 Å². The second-order valence-corrected chi connectivity index (χ2v) is 6.91. The van der Waals surface area contributed by atoms with Crippen LogP contribution in [0.4, 0.5) is 18.9 Å². The highest BCUT2D eigenvalue weighted by atomic mass is 19.4. The third kappa shape index (κ3) is 3.52. The van der Waals surface area contributed by atoms with Crippen LogP contribution in [0.2, 0.25) is 0 Å². The number of fused-ring (bicyclic) bond motifs is 1. The van der Waals surface area contributed by atoms with Gasteiger partial charge in [0.2, 0.25) is 0 Å². The molecule has 4 rings (SSSR count). The Balaban J connectivity index is 1.80. The number of carbonyl (C=O) groups excluding carboxylic acids is 1. The van der Waals surface area contributed by atoms with Crippen LogP contribution >= 0.6 is 0 Å². The maximum atomic E-state index is 13.3. The number of nitrogens with zero attached hydrogens (tertiary/aromatic N) is 3. The van der Waals surface area contributed by atoms with Crippen molar-refractivity contribution in [1.82, 2.24) is 14.5 Å². The van der Waals surface area contributed by atoms with E-state index in [-0.39, 0.29) is 0 Å². The lowest BCUT2D eigenvalue weighted by Gasteiger charge is -2.15. The minimum atomic E-state index is -4.63. The summed E-state index contributed by atoms with van der Waals surface area (Å²) in [5, 5.41) is 3.34. The maximum Gasteiger partial charge on any atom is 0.417 e. The Morgan fingerprint density at radius 3 is 2.50 bits per heavy atom. The number of para-hydroxylation sites is 1. The predicted octanol–water partition coefficient (Wildman–Crippen LogP) is 5.31. The third-order valence-electron chi connectivity index (χ3n) is 4.75. The Hall–Kier alpha value is -3.68. The van der Waals surface area contributed by atoms with E-state index in [0.717, 1.165) is 34.5 Å². The van der Waals surface area contributed by atoms with Crippen LogP contribution in [0.25, 0.3) is 16.6 Å². The van der Waals surface area contributed by atoms with Gasteiger partial charge in [-0.2, -0.15) is 13.2 Å². The fourth-order valence-corrected chi connectivity index (χ4v) is 3.41. The summed E-state index contributed by atoms with van der Waals surface area (Å²) in [6, 6.07) is 9.87. The average molecular weight is 410 g/mol. The fraction of sp³-hybridized carbons (Fsp3) is 0.136. The van der Waals surface area contributed by atoms with Gasteiger partial charge in [-0.05, 0) is 37.6 Å². The average Bonchev–Trinajstić information content (AvgIpc) is 3.13. The largest absolute Gasteiger partial charge is 0.417 e. The summed E-state index contributed by atoms with van der Waals surface area (Å²) in [5.41, 5.74) is 1.95. The highest BCUT2D eigenvalue weighted by Crippen LogP contribution is 2.33. The molecule has 4 aromatic rings. The van der Waals surface area contributed by atoms with Crippen LogP contribution in [0.1, 0.15) is 27.2 Å². The van der Waals surface area contributed by atoms with E-state index < -0.39 is 23.2 Å². The molecule has 0 atom stereocenters. The molecule has 0 saturated heterocycles. The number of pyridine rings is 1. The quantitative estimate of drug-likeness (QED) is 0.498. The number of aryl methyl sites for hydroxylation is 2. The van der Waals surface area contributed by atoms with Crippen LogP contribution in [0, 0.1) is 13.8 Å². The van der Waals surface area contributed by atoms with Gasteiger partial charge in [0.05, 0.1) is 40.0 Å². The summed E-state index contributed by atoms with van der Waals surface area (Å²) in [4.78, 5) is 21.4. The van der Waals surface area contributed by atoms with Gasteiger partial charge in [0.15, 0.2) is 0 Å². The molecule has 5 nitrogen and oxygen atoms in total. The van der Waals surface area contributed by atoms with Crippen molar-refractivity contribution in [2.45, 2.75) is 20.0 Å². The number of benzene rings is 2. The SMILES string of the molecule is Cc1cn(-c2c(C)cnc3c(NC(=O)c4ccccc4C(F)(F)F)cccc23)cn1. The van der Waals surface area contributed by atoms with E-state index in [0.29, 0.717) is 11.2 Å². The number of hydrogen-bond donors (Lipinski definition) is 1. The van der Waals surface area contributed by atoms with E-state index >= 15 is 0 Å². The molecule has 0 aliphatic rings. The van der Waals surface area contributed by atoms with Crippen LogP contribution in [0.15, 0.2) is 61.2 Å². The smallest absolute Gasteiger partial charge is 0.320 e. The van der Waals surface area contributed by atoms with Crippen molar-refractivity contribution in [3.8, 4) is 5.69 Å². The topological polar surface area (TPSA) is 59.8 Å². The van der Waals surface area contributed by atoms with Gasteiger partial charge in [0, 0.05) is 17.8 Å². The van der Waals surface area contributed by atoms with Gasteiger partial charge < -0.3 is 9.88 Å². The van der Waals surface area contributed by atoms with E-state index in [2.05, 4.69) is 15.3 Å². The minimum absolute atomic E-state index is 0.326. The van der Waals surface area contributed by atoms with E-state index in [1.807, 2.05) is 30.7 Å². The zero-order valence-electron chi connectivity index (χ0n) is 16.2. The van der Waals surface area contributed by atoms with E-state index in [1.54, 1.807) is 24.7 Å². The lowest BCUT2D eigenvalue weighted by molar-refractivity contribution is -0.137. The Morgan fingerprint density at radius 1 is 1.03 bits per heavy atom. The van der Waals surface area contributed by atoms with Crippen molar-refractivity contribution in [1.29, 1.82) is 0 Å². The maximum absolute atomic E-state index is 13.3. The van der Waals surface area contributed by atoms with E-state index in [9.17, 15) is 18.0 Å². The third-order valence-corrected chi connectivity index (χ3v) is 4.75. The second-order valence-electron chi connectivity index (χ2n) is 6.91. The first-order valence-corrected chi connectivity index (χ1v) is 9.12. The molecule has 2 aromatic carbocycles. The Bertz CT molecular complexity index is 1260. The lowest BCUT2D eigenvalue weighted by Crippen LogP contribution is -2.19. The van der Waals surface area contributed by atoms with E-state index in [4.69, 9.17) is 0 Å². The highest BCUT2D eigenvalue weighted by molar-refractivity contribution is 6.10. The molecule has 0 aliphatic heterocycles. The van der Waals surface area contributed by atoms with Crippen LogP contribution in [0.3, 0.4) is 0 Å². The Morgan fingerprint density at radius 2 is 1.80 bits per heavy atom. The predicted molar refractivity (Wildman–Crippen MR) is 108 cm³/mol. The zero-order valence-corrected chi connectivity index (χ0v) is 16.2. The molecule has 2 heterocycles. The van der Waals surface area contributed by atoms with Gasteiger partial charge in [-0.3, -0.25) is 9.78 Å². The number of aromatic nitrogens is 3. The van der Waals surface area contributed by atoms with Crippen molar-refractivity contribution in [2.75, 3.05) is 5.32 Å². The van der Waals surface area contributed by atoms with Crippen LogP contribution < -0.4 is 5.32 Å². The van der Waals surface area contributed by atoms with Crippen LogP contribution in [-0.2, 0) is 6.18 Å². The van der Waals surface area contributed by atoms with Gasteiger partial charge in [-0.1, -0.05) is 24.3 Å². The second kappa shape index (κ2) is 7.29. The number of nitrogens with one attached hydrogen (secondary N) is 1.